The Hall–Kier alpha value is -1.91. The van der Waals surface area contributed by atoms with Crippen molar-refractivity contribution in [1.82, 2.24) is 10.3 Å². The van der Waals surface area contributed by atoms with Gasteiger partial charge in [0.05, 0.1) is 6.54 Å². The number of rotatable bonds is 5. The van der Waals surface area contributed by atoms with Crippen LogP contribution in [0.4, 0.5) is 5.69 Å². The van der Waals surface area contributed by atoms with E-state index in [1.54, 1.807) is 36.7 Å². The van der Waals surface area contributed by atoms with E-state index >= 15 is 0 Å². The van der Waals surface area contributed by atoms with Crippen LogP contribution < -0.4 is 10.6 Å². The van der Waals surface area contributed by atoms with Crippen LogP contribution in [0.2, 0.25) is 5.02 Å². The second kappa shape index (κ2) is 7.03. The van der Waals surface area contributed by atoms with Crippen LogP contribution in [0.25, 0.3) is 0 Å². The minimum Gasteiger partial charge on any atom is -0.325 e. The van der Waals surface area contributed by atoms with Crippen molar-refractivity contribution in [3.8, 4) is 0 Å². The third-order valence-corrected chi connectivity index (χ3v) is 3.10. The van der Waals surface area contributed by atoms with E-state index in [1.807, 2.05) is 19.1 Å². The molecule has 1 heterocycles. The van der Waals surface area contributed by atoms with Crippen LogP contribution in [0.5, 0.6) is 0 Å². The summed E-state index contributed by atoms with van der Waals surface area (Å²) in [5.41, 5.74) is 1.74. The molecule has 2 aromatic rings. The van der Waals surface area contributed by atoms with E-state index in [-0.39, 0.29) is 18.5 Å². The minimum absolute atomic E-state index is 0.0637. The number of nitrogens with zero attached hydrogens (tertiary/aromatic N) is 1. The van der Waals surface area contributed by atoms with Gasteiger partial charge in [-0.2, -0.15) is 0 Å². The maximum absolute atomic E-state index is 11.8. The Morgan fingerprint density at radius 3 is 2.90 bits per heavy atom. The molecule has 1 unspecified atom stereocenters. The normalized spacial score (nSPS) is 11.9. The molecular formula is C15H16ClN3O. The highest BCUT2D eigenvalue weighted by Crippen LogP contribution is 2.14. The molecule has 5 heteroatoms. The molecule has 0 radical (unpaired) electrons. The van der Waals surface area contributed by atoms with E-state index in [0.29, 0.717) is 10.7 Å². The number of hydrogen-bond acceptors (Lipinski definition) is 3. The van der Waals surface area contributed by atoms with Crippen molar-refractivity contribution in [3.63, 3.8) is 0 Å². The largest absolute Gasteiger partial charge is 0.325 e. The van der Waals surface area contributed by atoms with Gasteiger partial charge in [-0.15, -0.1) is 0 Å². The second-order valence-electron chi connectivity index (χ2n) is 4.45. The molecule has 0 aliphatic heterocycles. The quantitative estimate of drug-likeness (QED) is 0.889. The van der Waals surface area contributed by atoms with Gasteiger partial charge >= 0.3 is 0 Å². The SMILES string of the molecule is CC(NCC(=O)Nc1cccc(Cl)c1)c1cccnc1. The van der Waals surface area contributed by atoms with Gasteiger partial charge in [-0.25, -0.2) is 0 Å². The van der Waals surface area contributed by atoms with Crippen LogP contribution in [0.3, 0.4) is 0 Å². The van der Waals surface area contributed by atoms with Gasteiger partial charge in [-0.1, -0.05) is 23.7 Å². The highest BCUT2D eigenvalue weighted by atomic mass is 35.5. The molecule has 0 aliphatic carbocycles. The lowest BCUT2D eigenvalue weighted by Crippen LogP contribution is -2.30. The molecule has 1 atom stereocenters. The lowest BCUT2D eigenvalue weighted by Gasteiger charge is -2.13. The van der Waals surface area contributed by atoms with E-state index in [4.69, 9.17) is 11.6 Å². The van der Waals surface area contributed by atoms with E-state index in [9.17, 15) is 4.79 Å². The van der Waals surface area contributed by atoms with Crippen LogP contribution in [-0.2, 0) is 4.79 Å². The Morgan fingerprint density at radius 2 is 2.20 bits per heavy atom. The fourth-order valence-electron chi connectivity index (χ4n) is 1.77. The predicted octanol–water partition coefficient (Wildman–Crippen LogP) is 3.02. The third-order valence-electron chi connectivity index (χ3n) is 2.86. The summed E-state index contributed by atoms with van der Waals surface area (Å²) in [4.78, 5) is 15.9. The first-order valence-corrected chi connectivity index (χ1v) is 6.71. The Morgan fingerprint density at radius 1 is 1.35 bits per heavy atom. The van der Waals surface area contributed by atoms with Gasteiger partial charge in [0.25, 0.3) is 0 Å². The van der Waals surface area contributed by atoms with Crippen LogP contribution in [0, 0.1) is 0 Å². The molecular weight excluding hydrogens is 274 g/mol. The first-order valence-electron chi connectivity index (χ1n) is 6.34. The molecule has 1 aromatic carbocycles. The zero-order valence-corrected chi connectivity index (χ0v) is 11.9. The van der Waals surface area contributed by atoms with Crippen LogP contribution in [0.15, 0.2) is 48.8 Å². The van der Waals surface area contributed by atoms with Crippen LogP contribution in [-0.4, -0.2) is 17.4 Å². The molecule has 0 saturated carbocycles. The van der Waals surface area contributed by atoms with E-state index in [1.165, 1.54) is 0 Å². The lowest BCUT2D eigenvalue weighted by molar-refractivity contribution is -0.115. The van der Waals surface area contributed by atoms with E-state index in [2.05, 4.69) is 15.6 Å². The highest BCUT2D eigenvalue weighted by molar-refractivity contribution is 6.30. The Bertz CT molecular complexity index is 574. The fourth-order valence-corrected chi connectivity index (χ4v) is 1.96. The lowest BCUT2D eigenvalue weighted by atomic mass is 10.1. The number of benzene rings is 1. The van der Waals surface area contributed by atoms with Crippen molar-refractivity contribution in [1.29, 1.82) is 0 Å². The summed E-state index contributed by atoms with van der Waals surface area (Å²) in [6.07, 6.45) is 3.51. The standard InChI is InChI=1S/C15H16ClN3O/c1-11(12-4-3-7-17-9-12)18-10-15(20)19-14-6-2-5-13(16)8-14/h2-9,11,18H,10H2,1H3,(H,19,20). The number of amides is 1. The Labute approximate surface area is 123 Å². The maximum Gasteiger partial charge on any atom is 0.238 e. The summed E-state index contributed by atoms with van der Waals surface area (Å²) < 4.78 is 0. The summed E-state index contributed by atoms with van der Waals surface area (Å²) in [6.45, 7) is 2.21. The van der Waals surface area contributed by atoms with Crippen LogP contribution in [0.1, 0.15) is 18.5 Å². The number of aromatic nitrogens is 1. The van der Waals surface area contributed by atoms with Crippen molar-refractivity contribution in [3.05, 3.63) is 59.4 Å². The molecule has 2 rings (SSSR count). The molecule has 2 N–H and O–H groups in total. The first-order chi connectivity index (χ1) is 9.65. The fraction of sp³-hybridized carbons (Fsp3) is 0.200. The number of hydrogen-bond donors (Lipinski definition) is 2. The van der Waals surface area contributed by atoms with Gasteiger partial charge in [0.2, 0.25) is 5.91 Å². The topological polar surface area (TPSA) is 54.0 Å². The molecule has 0 aliphatic rings. The Kier molecular flexibility index (Phi) is 5.09. The van der Waals surface area contributed by atoms with Gasteiger partial charge in [0.15, 0.2) is 0 Å². The number of pyridine rings is 1. The molecule has 1 amide bonds. The van der Waals surface area contributed by atoms with Gasteiger partial charge in [-0.3, -0.25) is 9.78 Å². The van der Waals surface area contributed by atoms with Crippen LogP contribution >= 0.6 is 11.6 Å². The van der Waals surface area contributed by atoms with Gasteiger partial charge in [0, 0.05) is 29.1 Å². The van der Waals surface area contributed by atoms with Gasteiger partial charge < -0.3 is 10.6 Å². The van der Waals surface area contributed by atoms with Crippen molar-refractivity contribution >= 4 is 23.2 Å². The number of nitrogens with one attached hydrogen (secondary N) is 2. The molecule has 4 nitrogen and oxygen atoms in total. The number of halogens is 1. The third kappa shape index (κ3) is 4.33. The molecule has 104 valence electrons. The van der Waals surface area contributed by atoms with Crippen molar-refractivity contribution < 1.29 is 4.79 Å². The molecule has 20 heavy (non-hydrogen) atoms. The monoisotopic (exact) mass is 289 g/mol. The number of carbonyl (C=O) groups is 1. The van der Waals surface area contributed by atoms with Crippen molar-refractivity contribution in [2.24, 2.45) is 0 Å². The molecule has 0 bridgehead atoms. The molecule has 0 saturated heterocycles. The van der Waals surface area contributed by atoms with E-state index < -0.39 is 0 Å². The zero-order chi connectivity index (χ0) is 14.4. The summed E-state index contributed by atoms with van der Waals surface area (Å²) in [6, 6.07) is 11.0. The number of carbonyl (C=O) groups excluding carboxylic acids is 1. The zero-order valence-electron chi connectivity index (χ0n) is 11.1. The average molecular weight is 290 g/mol. The van der Waals surface area contributed by atoms with Gasteiger partial charge in [-0.05, 0) is 36.8 Å². The summed E-state index contributed by atoms with van der Waals surface area (Å²) in [7, 11) is 0. The summed E-state index contributed by atoms with van der Waals surface area (Å²) >= 11 is 5.86. The van der Waals surface area contributed by atoms with Crippen molar-refractivity contribution in [2.75, 3.05) is 11.9 Å². The van der Waals surface area contributed by atoms with E-state index in [0.717, 1.165) is 5.56 Å². The Balaban J connectivity index is 1.83. The smallest absolute Gasteiger partial charge is 0.238 e. The summed E-state index contributed by atoms with van der Waals surface area (Å²) in [5.74, 6) is -0.108. The van der Waals surface area contributed by atoms with Crippen molar-refractivity contribution in [2.45, 2.75) is 13.0 Å². The molecule has 1 aromatic heterocycles. The highest BCUT2D eigenvalue weighted by Gasteiger charge is 2.08. The first kappa shape index (κ1) is 14.5. The maximum atomic E-state index is 11.8. The number of anilines is 1. The minimum atomic E-state index is -0.108. The predicted molar refractivity (Wildman–Crippen MR) is 80.7 cm³/mol. The average Bonchev–Trinajstić information content (AvgIpc) is 2.46. The van der Waals surface area contributed by atoms with Gasteiger partial charge in [0.1, 0.15) is 0 Å². The molecule has 0 fully saturated rings. The molecule has 0 spiro atoms. The second-order valence-corrected chi connectivity index (χ2v) is 4.88. The summed E-state index contributed by atoms with van der Waals surface area (Å²) in [5, 5.41) is 6.53.